The molecule has 1 aliphatic rings. The second-order valence-electron chi connectivity index (χ2n) is 4.95. The van der Waals surface area contributed by atoms with E-state index in [4.69, 9.17) is 9.15 Å². The van der Waals surface area contributed by atoms with Crippen LogP contribution in [0.25, 0.3) is 0 Å². The van der Waals surface area contributed by atoms with Gasteiger partial charge in [0, 0.05) is 33.2 Å². The van der Waals surface area contributed by atoms with E-state index in [9.17, 15) is 0 Å². The summed E-state index contributed by atoms with van der Waals surface area (Å²) in [4.78, 5) is 2.32. The molecule has 0 N–H and O–H groups in total. The number of nitrogens with zero attached hydrogens (tertiary/aromatic N) is 4. The van der Waals surface area contributed by atoms with Gasteiger partial charge in [0.1, 0.15) is 11.5 Å². The Kier molecular flexibility index (Phi) is 3.35. The molecule has 0 bridgehead atoms. The van der Waals surface area contributed by atoms with Crippen LogP contribution in [-0.4, -0.2) is 40.2 Å². The topological polar surface area (TPSA) is 56.3 Å². The lowest BCUT2D eigenvalue weighted by Crippen LogP contribution is -2.35. The largest absolute Gasteiger partial charge is 0.468 e. The third kappa shape index (κ3) is 2.41. The molecule has 6 nitrogen and oxygen atoms in total. The SMILES string of the molecule is COC[C@H]1CN(Cc2ccco2)Cc2nnn(C)c21. The summed E-state index contributed by atoms with van der Waals surface area (Å²) in [7, 11) is 3.67. The van der Waals surface area contributed by atoms with E-state index in [1.165, 1.54) is 5.69 Å². The summed E-state index contributed by atoms with van der Waals surface area (Å²) in [6, 6.07) is 3.91. The van der Waals surface area contributed by atoms with Crippen LogP contribution in [0.5, 0.6) is 0 Å². The van der Waals surface area contributed by atoms with E-state index in [-0.39, 0.29) is 0 Å². The van der Waals surface area contributed by atoms with Gasteiger partial charge in [0.2, 0.25) is 0 Å². The molecular formula is C13H18N4O2. The van der Waals surface area contributed by atoms with E-state index in [1.54, 1.807) is 13.4 Å². The summed E-state index contributed by atoms with van der Waals surface area (Å²) < 4.78 is 12.6. The zero-order valence-electron chi connectivity index (χ0n) is 11.2. The van der Waals surface area contributed by atoms with Crippen molar-refractivity contribution < 1.29 is 9.15 Å². The second-order valence-corrected chi connectivity index (χ2v) is 4.95. The van der Waals surface area contributed by atoms with E-state index in [1.807, 2.05) is 23.9 Å². The molecule has 2 aromatic rings. The van der Waals surface area contributed by atoms with Gasteiger partial charge in [-0.1, -0.05) is 5.21 Å². The molecular weight excluding hydrogens is 244 g/mol. The van der Waals surface area contributed by atoms with Crippen molar-refractivity contribution in [2.24, 2.45) is 7.05 Å². The van der Waals surface area contributed by atoms with Crippen molar-refractivity contribution in [3.8, 4) is 0 Å². The lowest BCUT2D eigenvalue weighted by atomic mass is 9.99. The van der Waals surface area contributed by atoms with Crippen LogP contribution in [0.2, 0.25) is 0 Å². The van der Waals surface area contributed by atoms with Crippen molar-refractivity contribution in [2.45, 2.75) is 19.0 Å². The lowest BCUT2D eigenvalue weighted by molar-refractivity contribution is 0.128. The molecule has 6 heteroatoms. The number of aromatic nitrogens is 3. The van der Waals surface area contributed by atoms with Crippen LogP contribution in [0.4, 0.5) is 0 Å². The van der Waals surface area contributed by atoms with Crippen molar-refractivity contribution in [3.05, 3.63) is 35.5 Å². The molecule has 102 valence electrons. The summed E-state index contributed by atoms with van der Waals surface area (Å²) in [6.45, 7) is 3.22. The summed E-state index contributed by atoms with van der Waals surface area (Å²) in [6.07, 6.45) is 1.71. The minimum atomic E-state index is 0.309. The van der Waals surface area contributed by atoms with E-state index >= 15 is 0 Å². The molecule has 0 unspecified atom stereocenters. The van der Waals surface area contributed by atoms with Crippen molar-refractivity contribution in [3.63, 3.8) is 0 Å². The Bertz CT molecular complexity index is 535. The van der Waals surface area contributed by atoms with Gasteiger partial charge >= 0.3 is 0 Å². The first-order chi connectivity index (χ1) is 9.28. The van der Waals surface area contributed by atoms with E-state index in [0.29, 0.717) is 12.5 Å². The quantitative estimate of drug-likeness (QED) is 0.827. The molecule has 1 atom stereocenters. The Balaban J connectivity index is 1.80. The van der Waals surface area contributed by atoms with Gasteiger partial charge in [-0.3, -0.25) is 9.58 Å². The van der Waals surface area contributed by atoms with Crippen LogP contribution >= 0.6 is 0 Å². The van der Waals surface area contributed by atoms with Gasteiger partial charge in [0.05, 0.1) is 25.1 Å². The van der Waals surface area contributed by atoms with Crippen LogP contribution in [0.3, 0.4) is 0 Å². The van der Waals surface area contributed by atoms with E-state index < -0.39 is 0 Å². The highest BCUT2D eigenvalue weighted by atomic mass is 16.5. The van der Waals surface area contributed by atoms with Crippen molar-refractivity contribution in [2.75, 3.05) is 20.3 Å². The maximum absolute atomic E-state index is 5.41. The summed E-state index contributed by atoms with van der Waals surface area (Å²) in [5.41, 5.74) is 2.24. The molecule has 0 radical (unpaired) electrons. The van der Waals surface area contributed by atoms with Gasteiger partial charge in [-0.25, -0.2) is 0 Å². The third-order valence-corrected chi connectivity index (χ3v) is 3.51. The van der Waals surface area contributed by atoms with Gasteiger partial charge < -0.3 is 9.15 Å². The van der Waals surface area contributed by atoms with E-state index in [0.717, 1.165) is 31.1 Å². The lowest BCUT2D eigenvalue weighted by Gasteiger charge is -2.31. The Labute approximate surface area is 112 Å². The molecule has 3 heterocycles. The Morgan fingerprint density at radius 2 is 2.42 bits per heavy atom. The number of aryl methyl sites for hydroxylation is 1. The highest BCUT2D eigenvalue weighted by molar-refractivity contribution is 5.20. The highest BCUT2D eigenvalue weighted by Gasteiger charge is 2.30. The van der Waals surface area contributed by atoms with Gasteiger partial charge in [0.15, 0.2) is 0 Å². The fraction of sp³-hybridized carbons (Fsp3) is 0.538. The molecule has 0 aromatic carbocycles. The van der Waals surface area contributed by atoms with Crippen molar-refractivity contribution in [1.29, 1.82) is 0 Å². The number of methoxy groups -OCH3 is 1. The van der Waals surface area contributed by atoms with E-state index in [2.05, 4.69) is 15.2 Å². The summed E-state index contributed by atoms with van der Waals surface area (Å²) >= 11 is 0. The van der Waals surface area contributed by atoms with Crippen LogP contribution in [-0.2, 0) is 24.9 Å². The fourth-order valence-corrected chi connectivity index (χ4v) is 2.77. The van der Waals surface area contributed by atoms with Crippen molar-refractivity contribution in [1.82, 2.24) is 19.9 Å². The first-order valence-electron chi connectivity index (χ1n) is 6.40. The van der Waals surface area contributed by atoms with Gasteiger partial charge in [0.25, 0.3) is 0 Å². The number of rotatable bonds is 4. The molecule has 0 spiro atoms. The molecule has 0 saturated heterocycles. The van der Waals surface area contributed by atoms with Gasteiger partial charge in [-0.2, -0.15) is 0 Å². The second kappa shape index (κ2) is 5.14. The van der Waals surface area contributed by atoms with Crippen molar-refractivity contribution >= 4 is 0 Å². The molecule has 2 aromatic heterocycles. The fourth-order valence-electron chi connectivity index (χ4n) is 2.77. The summed E-state index contributed by atoms with van der Waals surface area (Å²) in [5, 5.41) is 8.38. The molecule has 0 amide bonds. The van der Waals surface area contributed by atoms with Gasteiger partial charge in [-0.05, 0) is 12.1 Å². The maximum atomic E-state index is 5.41. The zero-order chi connectivity index (χ0) is 13.2. The van der Waals surface area contributed by atoms with Crippen LogP contribution in [0.1, 0.15) is 23.1 Å². The number of hydrogen-bond donors (Lipinski definition) is 0. The molecule has 0 saturated carbocycles. The number of hydrogen-bond acceptors (Lipinski definition) is 5. The predicted octanol–water partition coefficient (Wildman–Crippen LogP) is 1.15. The first-order valence-corrected chi connectivity index (χ1v) is 6.40. The molecule has 19 heavy (non-hydrogen) atoms. The molecule has 1 aliphatic heterocycles. The standard InChI is InChI=1S/C13H18N4O2/c1-16-13-10(9-18-2)6-17(8-12(13)14-15-16)7-11-4-3-5-19-11/h3-5,10H,6-9H2,1-2H3/t10-/m1/s1. The Morgan fingerprint density at radius 3 is 3.16 bits per heavy atom. The number of furan rings is 1. The molecule has 0 aliphatic carbocycles. The normalized spacial score (nSPS) is 19.6. The zero-order valence-corrected chi connectivity index (χ0v) is 11.2. The number of ether oxygens (including phenoxy) is 1. The van der Waals surface area contributed by atoms with Crippen LogP contribution < -0.4 is 0 Å². The average Bonchev–Trinajstić information content (AvgIpc) is 3.00. The molecule has 3 rings (SSSR count). The smallest absolute Gasteiger partial charge is 0.117 e. The predicted molar refractivity (Wildman–Crippen MR) is 68.4 cm³/mol. The minimum Gasteiger partial charge on any atom is -0.468 e. The van der Waals surface area contributed by atoms with Crippen LogP contribution in [0, 0.1) is 0 Å². The average molecular weight is 262 g/mol. The highest BCUT2D eigenvalue weighted by Crippen LogP contribution is 2.27. The first kappa shape index (κ1) is 12.4. The monoisotopic (exact) mass is 262 g/mol. The number of fused-ring (bicyclic) bond motifs is 1. The maximum Gasteiger partial charge on any atom is 0.117 e. The van der Waals surface area contributed by atoms with Gasteiger partial charge in [-0.15, -0.1) is 5.10 Å². The summed E-state index contributed by atoms with van der Waals surface area (Å²) in [5.74, 6) is 1.28. The Hall–Kier alpha value is -1.66. The van der Waals surface area contributed by atoms with Crippen LogP contribution in [0.15, 0.2) is 22.8 Å². The minimum absolute atomic E-state index is 0.309. The Morgan fingerprint density at radius 1 is 1.53 bits per heavy atom. The third-order valence-electron chi connectivity index (χ3n) is 3.51. The molecule has 0 fully saturated rings.